The Hall–Kier alpha value is -0.850. The summed E-state index contributed by atoms with van der Waals surface area (Å²) in [7, 11) is -1.37. The monoisotopic (exact) mass is 260 g/mol. The van der Waals surface area contributed by atoms with Crippen LogP contribution in [0.25, 0.3) is 0 Å². The predicted octanol–water partition coefficient (Wildman–Crippen LogP) is 1.26. The van der Waals surface area contributed by atoms with Gasteiger partial charge in [-0.15, -0.1) is 0 Å². The van der Waals surface area contributed by atoms with Crippen molar-refractivity contribution in [3.8, 4) is 0 Å². The second-order valence-corrected chi connectivity index (χ2v) is 5.86. The van der Waals surface area contributed by atoms with Gasteiger partial charge in [0, 0.05) is 0 Å². The molecule has 0 saturated carbocycles. The maximum absolute atomic E-state index is 11.7. The molecule has 1 rings (SSSR count). The Morgan fingerprint density at radius 1 is 1.41 bits per heavy atom. The largest absolute Gasteiger partial charge is 0.468 e. The fourth-order valence-electron chi connectivity index (χ4n) is 1.52. The van der Waals surface area contributed by atoms with E-state index in [2.05, 4.69) is 10.0 Å². The van der Waals surface area contributed by atoms with Crippen LogP contribution in [0, 0.1) is 0 Å². The molecule has 0 spiro atoms. The van der Waals surface area contributed by atoms with E-state index < -0.39 is 10.0 Å². The highest BCUT2D eigenvalue weighted by atomic mass is 32.2. The van der Waals surface area contributed by atoms with Crippen LogP contribution in [0.3, 0.4) is 0 Å². The average molecular weight is 260 g/mol. The van der Waals surface area contributed by atoms with Gasteiger partial charge in [0.1, 0.15) is 5.76 Å². The molecule has 0 radical (unpaired) electrons. The van der Waals surface area contributed by atoms with E-state index in [1.807, 2.05) is 7.05 Å². The Balaban J connectivity index is 2.38. The molecule has 0 aliphatic heterocycles. The van der Waals surface area contributed by atoms with Crippen LogP contribution in [0.1, 0.15) is 31.6 Å². The van der Waals surface area contributed by atoms with E-state index >= 15 is 0 Å². The number of nitrogens with one attached hydrogen (secondary N) is 2. The molecule has 1 heterocycles. The molecule has 0 saturated heterocycles. The molecule has 1 atom stereocenters. The van der Waals surface area contributed by atoms with Gasteiger partial charge in [0.15, 0.2) is 0 Å². The van der Waals surface area contributed by atoms with E-state index in [9.17, 15) is 8.42 Å². The fraction of sp³-hybridized carbons (Fsp3) is 0.636. The van der Waals surface area contributed by atoms with Crippen LogP contribution in [0.4, 0.5) is 0 Å². The number of furan rings is 1. The van der Waals surface area contributed by atoms with Crippen molar-refractivity contribution >= 4 is 10.0 Å². The van der Waals surface area contributed by atoms with E-state index in [0.717, 1.165) is 13.0 Å². The van der Waals surface area contributed by atoms with Crippen molar-refractivity contribution in [3.05, 3.63) is 24.2 Å². The third-order valence-electron chi connectivity index (χ3n) is 2.42. The zero-order valence-electron chi connectivity index (χ0n) is 10.3. The van der Waals surface area contributed by atoms with E-state index in [1.54, 1.807) is 19.1 Å². The van der Waals surface area contributed by atoms with Crippen LogP contribution >= 0.6 is 0 Å². The average Bonchev–Trinajstić information content (AvgIpc) is 2.77. The molecule has 0 fully saturated rings. The number of hydrogen-bond acceptors (Lipinski definition) is 4. The van der Waals surface area contributed by atoms with Crippen molar-refractivity contribution in [1.82, 2.24) is 10.0 Å². The van der Waals surface area contributed by atoms with Gasteiger partial charge in [-0.2, -0.15) is 0 Å². The number of rotatable bonds is 8. The first-order valence-corrected chi connectivity index (χ1v) is 7.38. The highest BCUT2D eigenvalue weighted by Gasteiger charge is 2.16. The summed E-state index contributed by atoms with van der Waals surface area (Å²) in [6.07, 6.45) is 3.04. The van der Waals surface area contributed by atoms with Gasteiger partial charge in [-0.05, 0) is 45.5 Å². The summed E-state index contributed by atoms with van der Waals surface area (Å²) in [5, 5.41) is 2.99. The van der Waals surface area contributed by atoms with Crippen molar-refractivity contribution in [2.75, 3.05) is 19.3 Å². The lowest BCUT2D eigenvalue weighted by Gasteiger charge is -2.11. The molecule has 0 aliphatic carbocycles. The summed E-state index contributed by atoms with van der Waals surface area (Å²) < 4.78 is 31.2. The van der Waals surface area contributed by atoms with Crippen molar-refractivity contribution in [3.63, 3.8) is 0 Å². The van der Waals surface area contributed by atoms with Gasteiger partial charge in [0.05, 0.1) is 18.1 Å². The quantitative estimate of drug-likeness (QED) is 0.690. The van der Waals surface area contributed by atoms with E-state index in [4.69, 9.17) is 4.42 Å². The fourth-order valence-corrected chi connectivity index (χ4v) is 2.87. The van der Waals surface area contributed by atoms with Crippen LogP contribution in [0.15, 0.2) is 22.8 Å². The summed E-state index contributed by atoms with van der Waals surface area (Å²) in [6.45, 7) is 2.60. The van der Waals surface area contributed by atoms with E-state index in [1.165, 1.54) is 6.26 Å². The number of unbranched alkanes of at least 4 members (excludes halogenated alkanes) is 1. The Labute approximate surface area is 103 Å². The Morgan fingerprint density at radius 3 is 2.76 bits per heavy atom. The van der Waals surface area contributed by atoms with Gasteiger partial charge >= 0.3 is 0 Å². The summed E-state index contributed by atoms with van der Waals surface area (Å²) in [5.74, 6) is 0.781. The van der Waals surface area contributed by atoms with Crippen LogP contribution in [0.2, 0.25) is 0 Å². The summed E-state index contributed by atoms with van der Waals surface area (Å²) in [6, 6.07) is 3.18. The SMILES string of the molecule is CNCCCCS(=O)(=O)NC(C)c1ccco1. The molecule has 6 heteroatoms. The van der Waals surface area contributed by atoms with Gasteiger partial charge in [-0.25, -0.2) is 13.1 Å². The maximum Gasteiger partial charge on any atom is 0.212 e. The minimum absolute atomic E-state index is 0.153. The van der Waals surface area contributed by atoms with Gasteiger partial charge in [-0.3, -0.25) is 0 Å². The van der Waals surface area contributed by atoms with Crippen LogP contribution < -0.4 is 10.0 Å². The minimum Gasteiger partial charge on any atom is -0.468 e. The number of sulfonamides is 1. The Bertz CT molecular complexity index is 400. The minimum atomic E-state index is -3.23. The Kier molecular flexibility index (Phi) is 5.67. The molecule has 1 aromatic rings. The van der Waals surface area contributed by atoms with Gasteiger partial charge in [0.2, 0.25) is 10.0 Å². The van der Waals surface area contributed by atoms with Gasteiger partial charge in [-0.1, -0.05) is 0 Å². The molecule has 0 amide bonds. The summed E-state index contributed by atoms with van der Waals surface area (Å²) in [4.78, 5) is 0. The first kappa shape index (κ1) is 14.2. The summed E-state index contributed by atoms with van der Waals surface area (Å²) >= 11 is 0. The van der Waals surface area contributed by atoms with Crippen molar-refractivity contribution in [2.24, 2.45) is 0 Å². The summed E-state index contributed by atoms with van der Waals surface area (Å²) in [5.41, 5.74) is 0. The molecule has 98 valence electrons. The molecule has 17 heavy (non-hydrogen) atoms. The molecular weight excluding hydrogens is 240 g/mol. The lowest BCUT2D eigenvalue weighted by atomic mass is 10.3. The highest BCUT2D eigenvalue weighted by molar-refractivity contribution is 7.89. The predicted molar refractivity (Wildman–Crippen MR) is 67.2 cm³/mol. The molecule has 2 N–H and O–H groups in total. The molecular formula is C11H20N2O3S. The molecule has 0 aromatic carbocycles. The second-order valence-electron chi connectivity index (χ2n) is 3.98. The van der Waals surface area contributed by atoms with Crippen molar-refractivity contribution in [1.29, 1.82) is 0 Å². The first-order chi connectivity index (χ1) is 8.05. The molecule has 0 aliphatic rings. The third-order valence-corrected chi connectivity index (χ3v) is 3.95. The van der Waals surface area contributed by atoms with Crippen LogP contribution in [0.5, 0.6) is 0 Å². The number of hydrogen-bond donors (Lipinski definition) is 2. The van der Waals surface area contributed by atoms with Crippen molar-refractivity contribution < 1.29 is 12.8 Å². The Morgan fingerprint density at radius 2 is 2.18 bits per heavy atom. The van der Waals surface area contributed by atoms with Gasteiger partial charge in [0.25, 0.3) is 0 Å². The zero-order chi connectivity index (χ0) is 12.7. The highest BCUT2D eigenvalue weighted by Crippen LogP contribution is 2.13. The van der Waals surface area contributed by atoms with Crippen molar-refractivity contribution in [2.45, 2.75) is 25.8 Å². The van der Waals surface area contributed by atoms with E-state index in [0.29, 0.717) is 12.2 Å². The van der Waals surface area contributed by atoms with Gasteiger partial charge < -0.3 is 9.73 Å². The normalized spacial score (nSPS) is 13.8. The lowest BCUT2D eigenvalue weighted by Crippen LogP contribution is -2.29. The van der Waals surface area contributed by atoms with Crippen LogP contribution in [-0.4, -0.2) is 27.8 Å². The molecule has 5 nitrogen and oxygen atoms in total. The first-order valence-electron chi connectivity index (χ1n) is 5.73. The lowest BCUT2D eigenvalue weighted by molar-refractivity contribution is 0.459. The second kappa shape index (κ2) is 6.78. The zero-order valence-corrected chi connectivity index (χ0v) is 11.1. The van der Waals surface area contributed by atoms with Crippen LogP contribution in [-0.2, 0) is 10.0 Å². The molecule has 1 aromatic heterocycles. The van der Waals surface area contributed by atoms with E-state index in [-0.39, 0.29) is 11.8 Å². The smallest absolute Gasteiger partial charge is 0.212 e. The third kappa shape index (κ3) is 5.34. The molecule has 1 unspecified atom stereocenters. The standard InChI is InChI=1S/C11H20N2O3S/c1-10(11-6-5-8-16-11)13-17(14,15)9-4-3-7-12-2/h5-6,8,10,12-13H,3-4,7,9H2,1-2H3. The maximum atomic E-state index is 11.7. The topological polar surface area (TPSA) is 71.3 Å². The molecule has 0 bridgehead atoms.